The quantitative estimate of drug-likeness (QED) is 0.705. The van der Waals surface area contributed by atoms with Crippen LogP contribution in [0, 0.1) is 0 Å². The number of hydrogen-bond donors (Lipinski definition) is 1. The van der Waals surface area contributed by atoms with Crippen LogP contribution in [0.3, 0.4) is 0 Å². The van der Waals surface area contributed by atoms with Gasteiger partial charge in [-0.2, -0.15) is 4.68 Å². The predicted octanol–water partition coefficient (Wildman–Crippen LogP) is 4.23. The van der Waals surface area contributed by atoms with Gasteiger partial charge in [0.1, 0.15) is 17.5 Å². The van der Waals surface area contributed by atoms with Crippen LogP contribution >= 0.6 is 0 Å². The van der Waals surface area contributed by atoms with Crippen LogP contribution in [-0.2, 0) is 0 Å². The largest absolute Gasteiger partial charge is 0.496 e. The highest BCUT2D eigenvalue weighted by Gasteiger charge is 2.35. The summed E-state index contributed by atoms with van der Waals surface area (Å²) in [6.45, 7) is 0. The summed E-state index contributed by atoms with van der Waals surface area (Å²) >= 11 is 0. The molecule has 5 rings (SSSR count). The first-order chi connectivity index (χ1) is 14.8. The van der Waals surface area contributed by atoms with E-state index in [0.29, 0.717) is 5.95 Å². The zero-order valence-electron chi connectivity index (χ0n) is 17.0. The molecule has 1 aliphatic heterocycles. The highest BCUT2D eigenvalue weighted by atomic mass is 16.5. The summed E-state index contributed by atoms with van der Waals surface area (Å²) < 4.78 is 13.1. The lowest BCUT2D eigenvalue weighted by Gasteiger charge is -2.34. The molecule has 1 aromatic heterocycles. The standard InChI is InChI=1S/C23H23N5O2/c1-29-19-12-5-3-8-15(19)14-16-9-7-11-18-21(16)24-23-25-26-27-28(23)22(18)17-10-4-6-13-20(17)30-2/h3-6,8,10,12-14,22H,7,9,11H2,1-2H3,(H,24,25,27)/b16-14+/t22-/m1/s1. The van der Waals surface area contributed by atoms with Crippen molar-refractivity contribution < 1.29 is 9.47 Å². The number of nitrogens with zero attached hydrogens (tertiary/aromatic N) is 4. The molecule has 30 heavy (non-hydrogen) atoms. The Bertz CT molecular complexity index is 1150. The van der Waals surface area contributed by atoms with Crippen LogP contribution in [0.5, 0.6) is 11.5 Å². The molecule has 1 atom stereocenters. The minimum atomic E-state index is -0.108. The molecule has 2 aliphatic rings. The topological polar surface area (TPSA) is 74.1 Å². The SMILES string of the molecule is COc1ccccc1/C=C1\CCCC2=C1Nc1nnnn1[C@@H]2c1ccccc1OC. The van der Waals surface area contributed by atoms with Gasteiger partial charge < -0.3 is 14.8 Å². The Morgan fingerprint density at radius 1 is 1.00 bits per heavy atom. The third-order valence-corrected chi connectivity index (χ3v) is 5.74. The summed E-state index contributed by atoms with van der Waals surface area (Å²) in [5.41, 5.74) is 5.72. The average molecular weight is 401 g/mol. The molecular formula is C23H23N5O2. The molecule has 0 spiro atoms. The number of hydrogen-bond acceptors (Lipinski definition) is 6. The van der Waals surface area contributed by atoms with Crippen molar-refractivity contribution in [2.24, 2.45) is 0 Å². The number of nitrogens with one attached hydrogen (secondary N) is 1. The normalized spacial score (nSPS) is 19.1. The second kappa shape index (κ2) is 7.67. The number of tetrazole rings is 1. The summed E-state index contributed by atoms with van der Waals surface area (Å²) in [5, 5.41) is 15.9. The van der Waals surface area contributed by atoms with E-state index in [4.69, 9.17) is 9.47 Å². The van der Waals surface area contributed by atoms with Gasteiger partial charge in [0.15, 0.2) is 0 Å². The van der Waals surface area contributed by atoms with Crippen molar-refractivity contribution in [1.29, 1.82) is 0 Å². The first kappa shape index (κ1) is 18.4. The van der Waals surface area contributed by atoms with E-state index in [2.05, 4.69) is 39.1 Å². The summed E-state index contributed by atoms with van der Waals surface area (Å²) in [6, 6.07) is 16.0. The van der Waals surface area contributed by atoms with Crippen molar-refractivity contribution >= 4 is 12.0 Å². The summed E-state index contributed by atoms with van der Waals surface area (Å²) in [4.78, 5) is 0. The molecule has 0 saturated carbocycles. The van der Waals surface area contributed by atoms with E-state index in [0.717, 1.165) is 47.6 Å². The maximum Gasteiger partial charge on any atom is 0.248 e. The molecule has 0 bridgehead atoms. The van der Waals surface area contributed by atoms with Gasteiger partial charge in [-0.1, -0.05) is 41.5 Å². The molecule has 7 nitrogen and oxygen atoms in total. The molecule has 0 radical (unpaired) electrons. The van der Waals surface area contributed by atoms with Crippen molar-refractivity contribution in [3.05, 3.63) is 76.5 Å². The molecule has 1 aliphatic carbocycles. The van der Waals surface area contributed by atoms with Crippen molar-refractivity contribution in [3.63, 3.8) is 0 Å². The van der Waals surface area contributed by atoms with E-state index in [1.165, 1.54) is 11.1 Å². The van der Waals surface area contributed by atoms with Gasteiger partial charge in [0, 0.05) is 16.8 Å². The molecule has 3 aromatic rings. The van der Waals surface area contributed by atoms with Crippen LogP contribution in [0.4, 0.5) is 5.95 Å². The second-order valence-electron chi connectivity index (χ2n) is 7.38. The summed E-state index contributed by atoms with van der Waals surface area (Å²) in [5.74, 6) is 2.33. The third-order valence-electron chi connectivity index (χ3n) is 5.74. The molecule has 7 heteroatoms. The first-order valence-corrected chi connectivity index (χ1v) is 10.0. The molecule has 2 aromatic carbocycles. The van der Waals surface area contributed by atoms with Crippen molar-refractivity contribution in [2.45, 2.75) is 25.3 Å². The lowest BCUT2D eigenvalue weighted by Crippen LogP contribution is -2.28. The number of fused-ring (bicyclic) bond motifs is 1. The van der Waals surface area contributed by atoms with Crippen molar-refractivity contribution in [3.8, 4) is 11.5 Å². The Morgan fingerprint density at radius 3 is 2.60 bits per heavy atom. The zero-order chi connectivity index (χ0) is 20.5. The molecule has 152 valence electrons. The van der Waals surface area contributed by atoms with Crippen LogP contribution in [-0.4, -0.2) is 34.4 Å². The van der Waals surface area contributed by atoms with E-state index in [9.17, 15) is 0 Å². The Hall–Kier alpha value is -3.61. The fourth-order valence-corrected chi connectivity index (χ4v) is 4.40. The van der Waals surface area contributed by atoms with Gasteiger partial charge in [-0.3, -0.25) is 0 Å². The van der Waals surface area contributed by atoms with Gasteiger partial charge in [0.25, 0.3) is 0 Å². The van der Waals surface area contributed by atoms with Crippen LogP contribution in [0.25, 0.3) is 6.08 Å². The minimum absolute atomic E-state index is 0.108. The molecule has 1 N–H and O–H groups in total. The van der Waals surface area contributed by atoms with Crippen LogP contribution in [0.15, 0.2) is 65.4 Å². The fourth-order valence-electron chi connectivity index (χ4n) is 4.40. The van der Waals surface area contributed by atoms with Gasteiger partial charge >= 0.3 is 0 Å². The molecule has 0 amide bonds. The van der Waals surface area contributed by atoms with Crippen LogP contribution in [0.1, 0.15) is 36.4 Å². The van der Waals surface area contributed by atoms with Crippen molar-refractivity contribution in [2.75, 3.05) is 19.5 Å². The Balaban J connectivity index is 1.67. The number of rotatable bonds is 4. The fraction of sp³-hybridized carbons (Fsp3) is 0.261. The molecule has 0 fully saturated rings. The Labute approximate surface area is 175 Å². The van der Waals surface area contributed by atoms with Gasteiger partial charge in [0.2, 0.25) is 5.95 Å². The molecule has 0 unspecified atom stereocenters. The van der Waals surface area contributed by atoms with Gasteiger partial charge in [-0.25, -0.2) is 0 Å². The third kappa shape index (κ3) is 3.03. The predicted molar refractivity (Wildman–Crippen MR) is 114 cm³/mol. The lowest BCUT2D eigenvalue weighted by atomic mass is 9.83. The number of allylic oxidation sites excluding steroid dienone is 2. The van der Waals surface area contributed by atoms with Gasteiger partial charge in [0.05, 0.1) is 14.2 Å². The summed E-state index contributed by atoms with van der Waals surface area (Å²) in [7, 11) is 3.40. The van der Waals surface area contributed by atoms with E-state index >= 15 is 0 Å². The lowest BCUT2D eigenvalue weighted by molar-refractivity contribution is 0.399. The van der Waals surface area contributed by atoms with Crippen molar-refractivity contribution in [1.82, 2.24) is 20.2 Å². The second-order valence-corrected chi connectivity index (χ2v) is 7.38. The maximum atomic E-state index is 5.67. The Morgan fingerprint density at radius 2 is 1.77 bits per heavy atom. The smallest absolute Gasteiger partial charge is 0.248 e. The molecule has 2 heterocycles. The molecular weight excluding hydrogens is 378 g/mol. The Kier molecular flexibility index (Phi) is 4.71. The van der Waals surface area contributed by atoms with Crippen LogP contribution < -0.4 is 14.8 Å². The van der Waals surface area contributed by atoms with Crippen LogP contribution in [0.2, 0.25) is 0 Å². The number of para-hydroxylation sites is 2. The number of ether oxygens (including phenoxy) is 2. The number of aromatic nitrogens is 4. The average Bonchev–Trinajstić information content (AvgIpc) is 3.26. The number of methoxy groups -OCH3 is 2. The highest BCUT2D eigenvalue weighted by molar-refractivity contribution is 5.68. The first-order valence-electron chi connectivity index (χ1n) is 10.0. The van der Waals surface area contributed by atoms with E-state index < -0.39 is 0 Å². The van der Waals surface area contributed by atoms with Gasteiger partial charge in [-0.05, 0) is 59.0 Å². The number of anilines is 1. The van der Waals surface area contributed by atoms with E-state index in [-0.39, 0.29) is 6.04 Å². The minimum Gasteiger partial charge on any atom is -0.496 e. The maximum absolute atomic E-state index is 5.67. The number of benzene rings is 2. The zero-order valence-corrected chi connectivity index (χ0v) is 17.0. The highest BCUT2D eigenvalue weighted by Crippen LogP contribution is 2.45. The van der Waals surface area contributed by atoms with E-state index in [1.54, 1.807) is 14.2 Å². The molecule has 0 saturated heterocycles. The van der Waals surface area contributed by atoms with E-state index in [1.807, 2.05) is 41.1 Å². The monoisotopic (exact) mass is 401 g/mol. The van der Waals surface area contributed by atoms with Gasteiger partial charge in [-0.15, -0.1) is 0 Å². The summed E-state index contributed by atoms with van der Waals surface area (Å²) in [6.07, 6.45) is 5.21.